The summed E-state index contributed by atoms with van der Waals surface area (Å²) in [5, 5.41) is 31.1. The van der Waals surface area contributed by atoms with Gasteiger partial charge in [-0.05, 0) is 56.3 Å². The number of allylic oxidation sites excluding steroid dienone is 2. The molecule has 1 heterocycles. The molecule has 0 aromatic heterocycles. The second-order valence-corrected chi connectivity index (χ2v) is 9.17. The summed E-state index contributed by atoms with van der Waals surface area (Å²) in [4.78, 5) is 11.8. The Morgan fingerprint density at radius 1 is 1.31 bits per heavy atom. The third-order valence-corrected chi connectivity index (χ3v) is 7.86. The van der Waals surface area contributed by atoms with Gasteiger partial charge in [0.1, 0.15) is 12.7 Å². The molecule has 3 rings (SSSR count). The first-order valence-corrected chi connectivity index (χ1v) is 9.63. The van der Waals surface area contributed by atoms with Crippen molar-refractivity contribution in [1.82, 2.24) is 0 Å². The van der Waals surface area contributed by atoms with Gasteiger partial charge < -0.3 is 20.1 Å². The number of fused-ring (bicyclic) bond motifs is 1. The Balaban J connectivity index is 1.92. The lowest BCUT2D eigenvalue weighted by molar-refractivity contribution is -0.201. The van der Waals surface area contributed by atoms with E-state index in [1.54, 1.807) is 0 Å². The van der Waals surface area contributed by atoms with Gasteiger partial charge in [0.05, 0.1) is 17.8 Å². The standard InChI is InChI=1S/C21H32O5/c1-13-5-8-17-19(2,9-10-21(4,25)20(17,3)12-22)15(13)7-6-14-16(23)11-26-18(14)24/h6,15-17,22-23,25H,1,5,7-12H2,2-4H3/b14-6+/t15-,16+,17-,19-,20+,21-/m1/s1. The molecule has 0 bridgehead atoms. The minimum Gasteiger partial charge on any atom is -0.459 e. The van der Waals surface area contributed by atoms with Crippen molar-refractivity contribution in [2.24, 2.45) is 22.7 Å². The Kier molecular flexibility index (Phi) is 4.87. The summed E-state index contributed by atoms with van der Waals surface area (Å²) in [5.41, 5.74) is -0.0872. The van der Waals surface area contributed by atoms with Crippen LogP contribution in [-0.4, -0.2) is 46.2 Å². The van der Waals surface area contributed by atoms with E-state index in [2.05, 4.69) is 13.5 Å². The highest BCUT2D eigenvalue weighted by atomic mass is 16.6. The molecule has 0 aromatic carbocycles. The van der Waals surface area contributed by atoms with Crippen LogP contribution >= 0.6 is 0 Å². The molecule has 3 aliphatic rings. The summed E-state index contributed by atoms with van der Waals surface area (Å²) in [6.07, 6.45) is 4.82. The van der Waals surface area contributed by atoms with E-state index in [1.807, 2.05) is 19.9 Å². The van der Waals surface area contributed by atoms with E-state index in [-0.39, 0.29) is 30.5 Å². The molecule has 2 saturated carbocycles. The molecule has 0 amide bonds. The number of aliphatic hydroxyl groups excluding tert-OH is 2. The molecule has 1 aliphatic heterocycles. The van der Waals surface area contributed by atoms with E-state index < -0.39 is 23.1 Å². The first-order chi connectivity index (χ1) is 12.1. The number of cyclic esters (lactones) is 1. The molecule has 26 heavy (non-hydrogen) atoms. The Labute approximate surface area is 155 Å². The van der Waals surface area contributed by atoms with Gasteiger partial charge in [-0.1, -0.05) is 32.1 Å². The molecule has 2 aliphatic carbocycles. The highest BCUT2D eigenvalue weighted by molar-refractivity contribution is 5.91. The van der Waals surface area contributed by atoms with Gasteiger partial charge >= 0.3 is 5.97 Å². The summed E-state index contributed by atoms with van der Waals surface area (Å²) < 4.78 is 4.91. The van der Waals surface area contributed by atoms with E-state index in [4.69, 9.17) is 4.74 Å². The van der Waals surface area contributed by atoms with Crippen molar-refractivity contribution in [3.05, 3.63) is 23.8 Å². The van der Waals surface area contributed by atoms with Crippen LogP contribution in [0, 0.1) is 22.7 Å². The first kappa shape index (κ1) is 19.6. The topological polar surface area (TPSA) is 87.0 Å². The molecular weight excluding hydrogens is 332 g/mol. The lowest BCUT2D eigenvalue weighted by Crippen LogP contribution is -2.62. The van der Waals surface area contributed by atoms with E-state index >= 15 is 0 Å². The van der Waals surface area contributed by atoms with Crippen LogP contribution in [0.2, 0.25) is 0 Å². The quantitative estimate of drug-likeness (QED) is 0.406. The number of hydrogen-bond acceptors (Lipinski definition) is 5. The van der Waals surface area contributed by atoms with Gasteiger partial charge in [-0.15, -0.1) is 0 Å². The summed E-state index contributed by atoms with van der Waals surface area (Å²) in [6.45, 7) is 10.3. The van der Waals surface area contributed by atoms with Gasteiger partial charge in [0.25, 0.3) is 0 Å². The number of rotatable bonds is 3. The highest BCUT2D eigenvalue weighted by Gasteiger charge is 2.61. The smallest absolute Gasteiger partial charge is 0.336 e. The minimum absolute atomic E-state index is 0.0294. The predicted molar refractivity (Wildman–Crippen MR) is 98.2 cm³/mol. The summed E-state index contributed by atoms with van der Waals surface area (Å²) in [5.74, 6) is -0.123. The summed E-state index contributed by atoms with van der Waals surface area (Å²) >= 11 is 0. The van der Waals surface area contributed by atoms with Crippen molar-refractivity contribution in [2.45, 2.75) is 64.6 Å². The van der Waals surface area contributed by atoms with Crippen LogP contribution in [0.4, 0.5) is 0 Å². The first-order valence-electron chi connectivity index (χ1n) is 9.63. The van der Waals surface area contributed by atoms with Crippen LogP contribution < -0.4 is 0 Å². The molecule has 3 fully saturated rings. The zero-order chi connectivity index (χ0) is 19.3. The Morgan fingerprint density at radius 3 is 2.58 bits per heavy atom. The maximum absolute atomic E-state index is 11.8. The largest absolute Gasteiger partial charge is 0.459 e. The summed E-state index contributed by atoms with van der Waals surface area (Å²) in [6, 6.07) is 0. The highest BCUT2D eigenvalue weighted by Crippen LogP contribution is 2.64. The van der Waals surface area contributed by atoms with Crippen LogP contribution in [0.5, 0.6) is 0 Å². The lowest BCUT2D eigenvalue weighted by Gasteiger charge is -2.63. The zero-order valence-electron chi connectivity index (χ0n) is 16.1. The number of carbonyl (C=O) groups excluding carboxylic acids is 1. The van der Waals surface area contributed by atoms with Gasteiger partial charge in [-0.2, -0.15) is 0 Å². The monoisotopic (exact) mass is 364 g/mol. The van der Waals surface area contributed by atoms with Crippen molar-refractivity contribution >= 4 is 5.97 Å². The fraction of sp³-hybridized carbons (Fsp3) is 0.762. The Morgan fingerprint density at radius 2 is 2.00 bits per heavy atom. The van der Waals surface area contributed by atoms with Crippen molar-refractivity contribution < 1.29 is 24.9 Å². The minimum atomic E-state index is -0.904. The van der Waals surface area contributed by atoms with Gasteiger partial charge in [0.2, 0.25) is 0 Å². The average Bonchev–Trinajstić information content (AvgIpc) is 2.90. The van der Waals surface area contributed by atoms with Gasteiger partial charge in [-0.3, -0.25) is 0 Å². The van der Waals surface area contributed by atoms with Crippen LogP contribution in [0.15, 0.2) is 23.8 Å². The van der Waals surface area contributed by atoms with Crippen LogP contribution in [0.25, 0.3) is 0 Å². The molecule has 146 valence electrons. The van der Waals surface area contributed by atoms with E-state index in [9.17, 15) is 20.1 Å². The van der Waals surface area contributed by atoms with Gasteiger partial charge in [0.15, 0.2) is 0 Å². The molecule has 1 saturated heterocycles. The number of aliphatic hydroxyl groups is 3. The molecule has 0 unspecified atom stereocenters. The molecule has 0 radical (unpaired) electrons. The zero-order valence-corrected chi connectivity index (χ0v) is 16.1. The molecular formula is C21H32O5. The second kappa shape index (κ2) is 6.47. The number of esters is 1. The van der Waals surface area contributed by atoms with Crippen molar-refractivity contribution in [1.29, 1.82) is 0 Å². The molecule has 3 N–H and O–H groups in total. The maximum Gasteiger partial charge on any atom is 0.336 e. The fourth-order valence-electron chi connectivity index (χ4n) is 5.76. The predicted octanol–water partition coefficient (Wildman–Crippen LogP) is 2.35. The Bertz CT molecular complexity index is 636. The number of ether oxygens (including phenoxy) is 1. The van der Waals surface area contributed by atoms with Crippen molar-refractivity contribution in [2.75, 3.05) is 13.2 Å². The van der Waals surface area contributed by atoms with Crippen LogP contribution in [-0.2, 0) is 9.53 Å². The summed E-state index contributed by atoms with van der Waals surface area (Å²) in [7, 11) is 0. The van der Waals surface area contributed by atoms with Crippen LogP contribution in [0.1, 0.15) is 52.9 Å². The van der Waals surface area contributed by atoms with Gasteiger partial charge in [0, 0.05) is 5.41 Å². The van der Waals surface area contributed by atoms with E-state index in [1.165, 1.54) is 0 Å². The van der Waals surface area contributed by atoms with E-state index in [0.29, 0.717) is 18.4 Å². The number of hydrogen-bond donors (Lipinski definition) is 3. The molecule has 5 nitrogen and oxygen atoms in total. The molecule has 0 spiro atoms. The van der Waals surface area contributed by atoms with E-state index in [0.717, 1.165) is 24.8 Å². The Hall–Kier alpha value is -1.17. The molecule has 6 atom stereocenters. The van der Waals surface area contributed by atoms with Crippen molar-refractivity contribution in [3.63, 3.8) is 0 Å². The average molecular weight is 364 g/mol. The third-order valence-electron chi connectivity index (χ3n) is 7.86. The van der Waals surface area contributed by atoms with Crippen LogP contribution in [0.3, 0.4) is 0 Å². The SMILES string of the molecule is C=C1CC[C@@H]2[C@](C)(CC[C@@](C)(O)[C@@]2(C)CO)[C@@H]1C/C=C1/C(=O)OC[C@@H]1O. The molecule has 5 heteroatoms. The second-order valence-electron chi connectivity index (χ2n) is 9.17. The lowest BCUT2D eigenvalue weighted by atomic mass is 9.43. The fourth-order valence-corrected chi connectivity index (χ4v) is 5.76. The normalized spacial score (nSPS) is 47.8. The molecule has 0 aromatic rings. The third kappa shape index (κ3) is 2.76. The van der Waals surface area contributed by atoms with Gasteiger partial charge in [-0.25, -0.2) is 4.79 Å². The maximum atomic E-state index is 11.8. The van der Waals surface area contributed by atoms with Crippen molar-refractivity contribution in [3.8, 4) is 0 Å². The number of carbonyl (C=O) groups is 1.